The summed E-state index contributed by atoms with van der Waals surface area (Å²) in [4.78, 5) is 12.1. The number of anilines is 1. The van der Waals surface area contributed by atoms with Crippen molar-refractivity contribution in [3.8, 4) is 5.75 Å². The maximum absolute atomic E-state index is 12.1. The number of hydrogen-bond acceptors (Lipinski definition) is 3. The van der Waals surface area contributed by atoms with Crippen LogP contribution in [0.25, 0.3) is 0 Å². The molecule has 0 aliphatic carbocycles. The summed E-state index contributed by atoms with van der Waals surface area (Å²) in [6.45, 7) is 3.49. The molecule has 0 fully saturated rings. The highest BCUT2D eigenvalue weighted by Crippen LogP contribution is 2.20. The van der Waals surface area contributed by atoms with Gasteiger partial charge in [0.25, 0.3) is 5.91 Å². The van der Waals surface area contributed by atoms with Gasteiger partial charge in [0.1, 0.15) is 5.75 Å². The molecule has 2 aromatic carbocycles. The lowest BCUT2D eigenvalue weighted by atomic mass is 10.2. The van der Waals surface area contributed by atoms with Gasteiger partial charge in [0.05, 0.1) is 6.61 Å². The van der Waals surface area contributed by atoms with E-state index in [0.29, 0.717) is 16.5 Å². The van der Waals surface area contributed by atoms with E-state index in [9.17, 15) is 4.79 Å². The van der Waals surface area contributed by atoms with Gasteiger partial charge in [0.15, 0.2) is 6.10 Å². The Morgan fingerprint density at radius 1 is 1.32 bits per heavy atom. The molecule has 1 atom stereocenters. The average Bonchev–Trinajstić information content (AvgIpc) is 2.51. The highest BCUT2D eigenvalue weighted by Gasteiger charge is 2.15. The van der Waals surface area contributed by atoms with Crippen molar-refractivity contribution < 1.29 is 14.6 Å². The Bertz CT molecular complexity index is 673. The fraction of sp³-hybridized carbons (Fsp3) is 0.235. The van der Waals surface area contributed by atoms with Gasteiger partial charge in [-0.2, -0.15) is 0 Å². The van der Waals surface area contributed by atoms with E-state index in [1.54, 1.807) is 43.3 Å². The Morgan fingerprint density at radius 2 is 2.09 bits per heavy atom. The van der Waals surface area contributed by atoms with Gasteiger partial charge in [-0.15, -0.1) is 0 Å². The van der Waals surface area contributed by atoms with Gasteiger partial charge >= 0.3 is 0 Å². The first-order valence-electron chi connectivity index (χ1n) is 6.93. The van der Waals surface area contributed by atoms with Crippen LogP contribution in [0.3, 0.4) is 0 Å². The first kappa shape index (κ1) is 16.3. The zero-order valence-electron chi connectivity index (χ0n) is 12.5. The van der Waals surface area contributed by atoms with E-state index in [2.05, 4.69) is 5.32 Å². The first-order chi connectivity index (χ1) is 10.5. The maximum atomic E-state index is 12.1. The van der Waals surface area contributed by atoms with E-state index in [4.69, 9.17) is 21.4 Å². The van der Waals surface area contributed by atoms with Crippen molar-refractivity contribution in [3.63, 3.8) is 0 Å². The van der Waals surface area contributed by atoms with Crippen LogP contribution in [0.1, 0.15) is 18.1 Å². The van der Waals surface area contributed by atoms with Crippen LogP contribution < -0.4 is 10.1 Å². The Hall–Kier alpha value is -2.04. The van der Waals surface area contributed by atoms with Gasteiger partial charge < -0.3 is 15.2 Å². The lowest BCUT2D eigenvalue weighted by Gasteiger charge is -2.15. The Kier molecular flexibility index (Phi) is 5.41. The van der Waals surface area contributed by atoms with Crippen molar-refractivity contribution in [3.05, 3.63) is 58.6 Å². The van der Waals surface area contributed by atoms with Crippen LogP contribution in [-0.2, 0) is 11.4 Å². The first-order valence-corrected chi connectivity index (χ1v) is 7.31. The molecule has 5 heteroatoms. The molecule has 22 heavy (non-hydrogen) atoms. The summed E-state index contributed by atoms with van der Waals surface area (Å²) in [5.41, 5.74) is 2.31. The van der Waals surface area contributed by atoms with Crippen LogP contribution in [-0.4, -0.2) is 17.1 Å². The van der Waals surface area contributed by atoms with Crippen LogP contribution in [0.2, 0.25) is 5.02 Å². The van der Waals surface area contributed by atoms with Crippen LogP contribution in [0, 0.1) is 6.92 Å². The van der Waals surface area contributed by atoms with Gasteiger partial charge in [-0.05, 0) is 49.2 Å². The number of amides is 1. The normalized spacial score (nSPS) is 11.8. The van der Waals surface area contributed by atoms with Crippen LogP contribution in [0.5, 0.6) is 5.75 Å². The van der Waals surface area contributed by atoms with E-state index in [1.807, 2.05) is 13.0 Å². The number of ether oxygens (including phenoxy) is 1. The highest BCUT2D eigenvalue weighted by molar-refractivity contribution is 6.31. The summed E-state index contributed by atoms with van der Waals surface area (Å²) >= 11 is 6.03. The van der Waals surface area contributed by atoms with Crippen molar-refractivity contribution in [2.75, 3.05) is 5.32 Å². The topological polar surface area (TPSA) is 58.6 Å². The van der Waals surface area contributed by atoms with E-state index in [0.717, 1.165) is 11.1 Å². The minimum absolute atomic E-state index is 0.0698. The molecule has 0 aliphatic rings. The van der Waals surface area contributed by atoms with Crippen LogP contribution in [0.15, 0.2) is 42.5 Å². The number of hydrogen-bond donors (Lipinski definition) is 2. The number of carbonyl (C=O) groups excluding carboxylic acids is 1. The number of aryl methyl sites for hydroxylation is 1. The predicted molar refractivity (Wildman–Crippen MR) is 87.3 cm³/mol. The zero-order valence-corrected chi connectivity index (χ0v) is 13.2. The number of aliphatic hydroxyl groups is 1. The molecule has 116 valence electrons. The molecule has 0 bridgehead atoms. The molecule has 2 rings (SSSR count). The van der Waals surface area contributed by atoms with E-state index in [-0.39, 0.29) is 12.5 Å². The van der Waals surface area contributed by atoms with Gasteiger partial charge in [-0.25, -0.2) is 0 Å². The molecule has 0 saturated carbocycles. The summed E-state index contributed by atoms with van der Waals surface area (Å²) in [6.07, 6.45) is -0.672. The van der Waals surface area contributed by atoms with Crippen molar-refractivity contribution in [2.24, 2.45) is 0 Å². The summed E-state index contributed by atoms with van der Waals surface area (Å²) in [7, 11) is 0. The van der Waals surface area contributed by atoms with Crippen LogP contribution in [0.4, 0.5) is 5.69 Å². The molecule has 4 nitrogen and oxygen atoms in total. The standard InChI is InChI=1S/C17H18ClNO3/c1-11-6-7-14(9-16(11)18)19-17(21)12(2)22-15-5-3-4-13(8-15)10-20/h3-9,12,20H,10H2,1-2H3,(H,19,21). The van der Waals surface area contributed by atoms with Gasteiger partial charge in [0.2, 0.25) is 0 Å². The molecule has 1 amide bonds. The molecule has 0 aliphatic heterocycles. The van der Waals surface area contributed by atoms with Crippen molar-refractivity contribution in [1.82, 2.24) is 0 Å². The van der Waals surface area contributed by atoms with Crippen LogP contribution >= 0.6 is 11.6 Å². The summed E-state index contributed by atoms with van der Waals surface area (Å²) in [5.74, 6) is 0.269. The van der Waals surface area contributed by atoms with Gasteiger partial charge in [-0.1, -0.05) is 29.8 Å². The van der Waals surface area contributed by atoms with Gasteiger partial charge in [-0.3, -0.25) is 4.79 Å². The molecule has 0 aromatic heterocycles. The molecule has 1 unspecified atom stereocenters. The predicted octanol–water partition coefficient (Wildman–Crippen LogP) is 3.55. The largest absolute Gasteiger partial charge is 0.481 e. The molecule has 0 saturated heterocycles. The van der Waals surface area contributed by atoms with Gasteiger partial charge in [0, 0.05) is 10.7 Å². The van der Waals surface area contributed by atoms with Crippen molar-refractivity contribution >= 4 is 23.2 Å². The highest BCUT2D eigenvalue weighted by atomic mass is 35.5. The third-order valence-electron chi connectivity index (χ3n) is 3.20. The third-order valence-corrected chi connectivity index (χ3v) is 3.61. The monoisotopic (exact) mass is 319 g/mol. The smallest absolute Gasteiger partial charge is 0.265 e. The van der Waals surface area contributed by atoms with E-state index >= 15 is 0 Å². The molecular formula is C17H18ClNO3. The van der Waals surface area contributed by atoms with E-state index in [1.165, 1.54) is 0 Å². The van der Waals surface area contributed by atoms with E-state index < -0.39 is 6.10 Å². The third kappa shape index (κ3) is 4.23. The van der Waals surface area contributed by atoms with Crippen molar-refractivity contribution in [1.29, 1.82) is 0 Å². The molecular weight excluding hydrogens is 302 g/mol. The Balaban J connectivity index is 2.00. The number of aliphatic hydroxyl groups excluding tert-OH is 1. The second kappa shape index (κ2) is 7.29. The Morgan fingerprint density at radius 3 is 2.77 bits per heavy atom. The average molecular weight is 320 g/mol. The number of benzene rings is 2. The second-order valence-corrected chi connectivity index (χ2v) is 5.43. The quantitative estimate of drug-likeness (QED) is 0.886. The minimum atomic E-state index is -0.672. The summed E-state index contributed by atoms with van der Waals surface area (Å²) in [5, 5.41) is 12.5. The summed E-state index contributed by atoms with van der Waals surface area (Å²) < 4.78 is 5.59. The molecule has 2 aromatic rings. The van der Waals surface area contributed by atoms with Crippen molar-refractivity contribution in [2.45, 2.75) is 26.6 Å². The lowest BCUT2D eigenvalue weighted by Crippen LogP contribution is -2.30. The maximum Gasteiger partial charge on any atom is 0.265 e. The second-order valence-electron chi connectivity index (χ2n) is 5.02. The molecule has 0 radical (unpaired) electrons. The Labute approximate surface area is 134 Å². The molecule has 2 N–H and O–H groups in total. The molecule has 0 spiro atoms. The fourth-order valence-electron chi connectivity index (χ4n) is 1.89. The fourth-order valence-corrected chi connectivity index (χ4v) is 2.07. The number of halogens is 1. The lowest BCUT2D eigenvalue weighted by molar-refractivity contribution is -0.122. The number of rotatable bonds is 5. The minimum Gasteiger partial charge on any atom is -0.481 e. The zero-order chi connectivity index (χ0) is 16.1. The SMILES string of the molecule is Cc1ccc(NC(=O)C(C)Oc2cccc(CO)c2)cc1Cl. The number of carbonyl (C=O) groups is 1. The summed E-state index contributed by atoms with van der Waals surface area (Å²) in [6, 6.07) is 12.3. The number of nitrogens with one attached hydrogen (secondary N) is 1. The molecule has 0 heterocycles.